The van der Waals surface area contributed by atoms with Crippen molar-refractivity contribution < 1.29 is 18.0 Å². The lowest BCUT2D eigenvalue weighted by Gasteiger charge is -2.31. The number of benzene rings is 1. The molecule has 2 heterocycles. The van der Waals surface area contributed by atoms with Gasteiger partial charge in [0.25, 0.3) is 5.91 Å². The number of nitrogens with two attached hydrogens (primary N) is 1. The lowest BCUT2D eigenvalue weighted by Crippen LogP contribution is -2.45. The number of hydrogen-bond acceptors (Lipinski definition) is 5. The molecule has 0 aliphatic carbocycles. The summed E-state index contributed by atoms with van der Waals surface area (Å²) < 4.78 is 22.8. The third-order valence-corrected chi connectivity index (χ3v) is 6.27. The Morgan fingerprint density at radius 2 is 2.07 bits per heavy atom. The van der Waals surface area contributed by atoms with Crippen LogP contribution in [0.5, 0.6) is 0 Å². The van der Waals surface area contributed by atoms with E-state index in [2.05, 4.69) is 5.32 Å². The number of hydrogen-bond donors (Lipinski definition) is 2. The van der Waals surface area contributed by atoms with Gasteiger partial charge in [-0.2, -0.15) is 0 Å². The van der Waals surface area contributed by atoms with E-state index < -0.39 is 10.0 Å². The number of likely N-dealkylation sites (tertiary alicyclic amines) is 1. The number of nitrogens with zero attached hydrogens (tertiary/aromatic N) is 1. The van der Waals surface area contributed by atoms with Crippen molar-refractivity contribution in [2.45, 2.75) is 24.3 Å². The lowest BCUT2D eigenvalue weighted by atomic mass is 9.97. The first-order chi connectivity index (χ1) is 12.8. The van der Waals surface area contributed by atoms with Crippen LogP contribution in [0.2, 0.25) is 0 Å². The van der Waals surface area contributed by atoms with Crippen molar-refractivity contribution in [1.82, 2.24) is 10.2 Å². The minimum atomic E-state index is -3.78. The predicted octanol–water partition coefficient (Wildman–Crippen LogP) is 1.56. The monoisotopic (exact) mass is 407 g/mol. The summed E-state index contributed by atoms with van der Waals surface area (Å²) in [5, 5.41) is 9.82. The van der Waals surface area contributed by atoms with Crippen molar-refractivity contribution in [3.05, 3.63) is 52.2 Å². The number of nitrogens with one attached hydrogen (secondary N) is 1. The molecule has 0 saturated carbocycles. The Morgan fingerprint density at radius 1 is 1.26 bits per heavy atom. The molecular weight excluding hydrogens is 386 g/mol. The predicted molar refractivity (Wildman–Crippen MR) is 103 cm³/mol. The molecule has 1 atom stereocenters. The van der Waals surface area contributed by atoms with Gasteiger partial charge in [0.1, 0.15) is 0 Å². The molecule has 0 bridgehead atoms. The van der Waals surface area contributed by atoms with Gasteiger partial charge in [-0.3, -0.25) is 9.59 Å². The second-order valence-corrected chi connectivity index (χ2v) is 8.99. The summed E-state index contributed by atoms with van der Waals surface area (Å²) in [6, 6.07) is 9.79. The van der Waals surface area contributed by atoms with Gasteiger partial charge >= 0.3 is 0 Å². The third-order valence-electron chi connectivity index (χ3n) is 4.51. The van der Waals surface area contributed by atoms with Gasteiger partial charge in [-0.15, -0.1) is 11.3 Å². The summed E-state index contributed by atoms with van der Waals surface area (Å²) in [7, 11) is -3.78. The minimum Gasteiger partial charge on any atom is -0.352 e. The molecule has 1 aliphatic rings. The quantitative estimate of drug-likeness (QED) is 0.784. The molecule has 1 aromatic carbocycles. The van der Waals surface area contributed by atoms with E-state index in [1.807, 2.05) is 11.4 Å². The summed E-state index contributed by atoms with van der Waals surface area (Å²) in [6.07, 6.45) is 1.49. The van der Waals surface area contributed by atoms with Crippen molar-refractivity contribution in [3.63, 3.8) is 0 Å². The number of rotatable bonds is 5. The second kappa shape index (κ2) is 8.20. The Hall–Kier alpha value is -2.23. The van der Waals surface area contributed by atoms with Crippen molar-refractivity contribution in [3.8, 4) is 0 Å². The van der Waals surface area contributed by atoms with Gasteiger partial charge < -0.3 is 10.2 Å². The molecule has 3 N–H and O–H groups in total. The molecule has 1 saturated heterocycles. The van der Waals surface area contributed by atoms with E-state index in [1.54, 1.807) is 23.1 Å². The van der Waals surface area contributed by atoms with Crippen LogP contribution in [-0.2, 0) is 21.4 Å². The molecule has 0 radical (unpaired) electrons. The molecule has 2 aromatic rings. The smallest absolute Gasteiger partial charge is 0.263 e. The van der Waals surface area contributed by atoms with Crippen LogP contribution in [0.25, 0.3) is 0 Å². The number of piperidine rings is 1. The molecule has 1 aromatic heterocycles. The van der Waals surface area contributed by atoms with Crippen LogP contribution in [0, 0.1) is 5.92 Å². The maximum absolute atomic E-state index is 12.5. The van der Waals surface area contributed by atoms with E-state index in [0.717, 1.165) is 12.8 Å². The number of carbonyl (C=O) groups excluding carboxylic acids is 2. The first-order valence-electron chi connectivity index (χ1n) is 8.57. The van der Waals surface area contributed by atoms with Gasteiger partial charge in [0.15, 0.2) is 0 Å². The van der Waals surface area contributed by atoms with E-state index in [0.29, 0.717) is 23.5 Å². The van der Waals surface area contributed by atoms with Crippen molar-refractivity contribution in [1.29, 1.82) is 0 Å². The Bertz CT molecular complexity index is 926. The standard InChI is InChI=1S/C18H21N3O4S2/c19-27(24,25)15-6-1-4-13(10-15)11-20-17(22)14-5-2-8-21(12-14)18(23)16-7-3-9-26-16/h1,3-4,6-7,9-10,14H,2,5,8,11-12H2,(H,20,22)(H2,19,24,25). The van der Waals surface area contributed by atoms with Gasteiger partial charge in [-0.25, -0.2) is 13.6 Å². The highest BCUT2D eigenvalue weighted by Gasteiger charge is 2.29. The van der Waals surface area contributed by atoms with Crippen LogP contribution in [0.4, 0.5) is 0 Å². The fourth-order valence-corrected chi connectivity index (χ4v) is 4.37. The molecule has 3 rings (SSSR count). The number of thiophene rings is 1. The van der Waals surface area contributed by atoms with Crippen LogP contribution >= 0.6 is 11.3 Å². The molecule has 1 aliphatic heterocycles. The number of amides is 2. The van der Waals surface area contributed by atoms with E-state index in [-0.39, 0.29) is 29.2 Å². The fraction of sp³-hybridized carbons (Fsp3) is 0.333. The van der Waals surface area contributed by atoms with E-state index >= 15 is 0 Å². The zero-order valence-corrected chi connectivity index (χ0v) is 16.3. The van der Waals surface area contributed by atoms with Crippen LogP contribution < -0.4 is 10.5 Å². The molecule has 1 unspecified atom stereocenters. The van der Waals surface area contributed by atoms with Gasteiger partial charge in [0, 0.05) is 19.6 Å². The zero-order chi connectivity index (χ0) is 19.4. The van der Waals surface area contributed by atoms with E-state index in [9.17, 15) is 18.0 Å². The average Bonchev–Trinajstić information content (AvgIpc) is 3.20. The highest BCUT2D eigenvalue weighted by molar-refractivity contribution is 7.89. The van der Waals surface area contributed by atoms with Crippen molar-refractivity contribution >= 4 is 33.2 Å². The van der Waals surface area contributed by atoms with Gasteiger partial charge in [0.05, 0.1) is 15.7 Å². The van der Waals surface area contributed by atoms with E-state index in [4.69, 9.17) is 5.14 Å². The summed E-state index contributed by atoms with van der Waals surface area (Å²) in [5.74, 6) is -0.452. The van der Waals surface area contributed by atoms with Gasteiger partial charge in [-0.05, 0) is 42.0 Å². The van der Waals surface area contributed by atoms with Crippen LogP contribution in [0.15, 0.2) is 46.7 Å². The molecule has 144 valence electrons. The molecular formula is C18H21N3O4S2. The zero-order valence-electron chi connectivity index (χ0n) is 14.6. The maximum Gasteiger partial charge on any atom is 0.263 e. The van der Waals surface area contributed by atoms with Crippen LogP contribution in [-0.4, -0.2) is 38.2 Å². The second-order valence-electron chi connectivity index (χ2n) is 6.48. The highest BCUT2D eigenvalue weighted by Crippen LogP contribution is 2.21. The molecule has 2 amide bonds. The van der Waals surface area contributed by atoms with Crippen LogP contribution in [0.1, 0.15) is 28.1 Å². The molecule has 9 heteroatoms. The molecule has 7 nitrogen and oxygen atoms in total. The van der Waals surface area contributed by atoms with Crippen molar-refractivity contribution in [2.24, 2.45) is 11.1 Å². The Labute approximate surface area is 162 Å². The number of carbonyl (C=O) groups is 2. The lowest BCUT2D eigenvalue weighted by molar-refractivity contribution is -0.126. The Kier molecular flexibility index (Phi) is 5.93. The maximum atomic E-state index is 12.5. The fourth-order valence-electron chi connectivity index (χ4n) is 3.10. The third kappa shape index (κ3) is 4.94. The molecule has 0 spiro atoms. The average molecular weight is 408 g/mol. The summed E-state index contributed by atoms with van der Waals surface area (Å²) in [6.45, 7) is 1.24. The largest absolute Gasteiger partial charge is 0.352 e. The normalized spacial score (nSPS) is 17.5. The molecule has 1 fully saturated rings. The Morgan fingerprint density at radius 3 is 2.78 bits per heavy atom. The van der Waals surface area contributed by atoms with Crippen molar-refractivity contribution in [2.75, 3.05) is 13.1 Å². The summed E-state index contributed by atoms with van der Waals surface area (Å²) >= 11 is 1.39. The van der Waals surface area contributed by atoms with Gasteiger partial charge in [-0.1, -0.05) is 18.2 Å². The number of primary sulfonamides is 1. The number of sulfonamides is 1. The minimum absolute atomic E-state index is 0.0136. The topological polar surface area (TPSA) is 110 Å². The van der Waals surface area contributed by atoms with Crippen LogP contribution in [0.3, 0.4) is 0 Å². The van der Waals surface area contributed by atoms with Gasteiger partial charge in [0.2, 0.25) is 15.9 Å². The molecule has 27 heavy (non-hydrogen) atoms. The Balaban J connectivity index is 1.59. The summed E-state index contributed by atoms with van der Waals surface area (Å²) in [4.78, 5) is 27.4. The first-order valence-corrected chi connectivity index (χ1v) is 11.0. The SMILES string of the molecule is NS(=O)(=O)c1cccc(CNC(=O)C2CCCN(C(=O)c3cccs3)C2)c1. The highest BCUT2D eigenvalue weighted by atomic mass is 32.2. The first kappa shape index (κ1) is 19.5. The summed E-state index contributed by atoms with van der Waals surface area (Å²) in [5.41, 5.74) is 0.650. The van der Waals surface area contributed by atoms with E-state index in [1.165, 1.54) is 23.5 Å².